The van der Waals surface area contributed by atoms with Gasteiger partial charge in [-0.25, -0.2) is 4.79 Å². The summed E-state index contributed by atoms with van der Waals surface area (Å²) in [6.45, 7) is 3.90. The molecule has 1 fully saturated rings. The van der Waals surface area contributed by atoms with Gasteiger partial charge in [0.25, 0.3) is 0 Å². The molecule has 2 aromatic carbocycles. The first-order valence-electron chi connectivity index (χ1n) is 8.35. The molecule has 0 bridgehead atoms. The van der Waals surface area contributed by atoms with Crippen LogP contribution >= 0.6 is 0 Å². The number of urea groups is 1. The van der Waals surface area contributed by atoms with Crippen LogP contribution in [0.25, 0.3) is 0 Å². The molecule has 1 heterocycles. The number of aliphatic hydroxyl groups excluding tert-OH is 1. The average Bonchev–Trinajstić information content (AvgIpc) is 2.58. The van der Waals surface area contributed by atoms with Crippen LogP contribution in [0.2, 0.25) is 0 Å². The summed E-state index contributed by atoms with van der Waals surface area (Å²) in [6.07, 6.45) is 0. The standard InChI is InChI=1S/C19H22N2O4/c1-2-24-16-7-9-18(10-8-16)25-17-5-3-15(4-6-17)20-19(23)21-11-14(12-21)13-22/h3-10,14,22H,2,11-13H2,1H3,(H,20,23). The molecule has 2 aromatic rings. The van der Waals surface area contributed by atoms with Crippen molar-refractivity contribution >= 4 is 11.7 Å². The number of rotatable bonds is 6. The maximum Gasteiger partial charge on any atom is 0.321 e. The Bertz CT molecular complexity index is 694. The van der Waals surface area contributed by atoms with Gasteiger partial charge in [0.15, 0.2) is 0 Å². The molecule has 25 heavy (non-hydrogen) atoms. The van der Waals surface area contributed by atoms with Crippen LogP contribution in [0, 0.1) is 5.92 Å². The molecule has 1 aliphatic rings. The first-order chi connectivity index (χ1) is 12.2. The molecule has 0 atom stereocenters. The first-order valence-corrected chi connectivity index (χ1v) is 8.35. The van der Waals surface area contributed by atoms with E-state index < -0.39 is 0 Å². The third-order valence-electron chi connectivity index (χ3n) is 3.98. The molecule has 3 rings (SSSR count). The normalized spacial score (nSPS) is 13.9. The number of hydrogen-bond acceptors (Lipinski definition) is 4. The summed E-state index contributed by atoms with van der Waals surface area (Å²) in [5.74, 6) is 2.42. The highest BCUT2D eigenvalue weighted by atomic mass is 16.5. The van der Waals surface area contributed by atoms with E-state index in [4.69, 9.17) is 14.6 Å². The van der Waals surface area contributed by atoms with Gasteiger partial charge in [-0.15, -0.1) is 0 Å². The number of benzene rings is 2. The second kappa shape index (κ2) is 7.90. The molecular formula is C19H22N2O4. The minimum absolute atomic E-state index is 0.126. The molecule has 6 heteroatoms. The van der Waals surface area contributed by atoms with E-state index in [0.717, 1.165) is 11.5 Å². The van der Waals surface area contributed by atoms with Crippen molar-refractivity contribution in [1.82, 2.24) is 4.90 Å². The predicted molar refractivity (Wildman–Crippen MR) is 95.3 cm³/mol. The topological polar surface area (TPSA) is 71.0 Å². The quantitative estimate of drug-likeness (QED) is 0.845. The number of nitrogens with one attached hydrogen (secondary N) is 1. The van der Waals surface area contributed by atoms with Crippen LogP contribution < -0.4 is 14.8 Å². The van der Waals surface area contributed by atoms with Crippen LogP contribution in [0.1, 0.15) is 6.92 Å². The van der Waals surface area contributed by atoms with Gasteiger partial charge in [-0.3, -0.25) is 0 Å². The fourth-order valence-corrected chi connectivity index (χ4v) is 2.57. The number of carbonyl (C=O) groups is 1. The van der Waals surface area contributed by atoms with Crippen molar-refractivity contribution in [3.63, 3.8) is 0 Å². The Labute approximate surface area is 147 Å². The molecule has 2 amide bonds. The molecule has 0 aliphatic carbocycles. The van der Waals surface area contributed by atoms with Crippen LogP contribution in [-0.4, -0.2) is 42.3 Å². The van der Waals surface area contributed by atoms with Gasteiger partial charge >= 0.3 is 6.03 Å². The lowest BCUT2D eigenvalue weighted by Crippen LogP contribution is -2.52. The smallest absolute Gasteiger partial charge is 0.321 e. The average molecular weight is 342 g/mol. The van der Waals surface area contributed by atoms with E-state index in [0.29, 0.717) is 31.1 Å². The highest BCUT2D eigenvalue weighted by Gasteiger charge is 2.29. The SMILES string of the molecule is CCOc1ccc(Oc2ccc(NC(=O)N3CC(CO)C3)cc2)cc1. The fraction of sp³-hybridized carbons (Fsp3) is 0.316. The molecule has 0 spiro atoms. The Morgan fingerprint density at radius 1 is 1.08 bits per heavy atom. The zero-order valence-electron chi connectivity index (χ0n) is 14.1. The van der Waals surface area contributed by atoms with Crippen molar-refractivity contribution in [3.05, 3.63) is 48.5 Å². The minimum Gasteiger partial charge on any atom is -0.494 e. The summed E-state index contributed by atoms with van der Waals surface area (Å²) in [7, 11) is 0. The van der Waals surface area contributed by atoms with Crippen LogP contribution in [0.15, 0.2) is 48.5 Å². The zero-order valence-corrected chi connectivity index (χ0v) is 14.1. The molecule has 1 saturated heterocycles. The maximum absolute atomic E-state index is 12.0. The van der Waals surface area contributed by atoms with Crippen LogP contribution in [0.4, 0.5) is 10.5 Å². The van der Waals surface area contributed by atoms with E-state index in [1.807, 2.05) is 31.2 Å². The highest BCUT2D eigenvalue weighted by Crippen LogP contribution is 2.25. The van der Waals surface area contributed by atoms with Gasteiger partial charge in [-0.1, -0.05) is 0 Å². The Balaban J connectivity index is 1.52. The molecule has 1 aliphatic heterocycles. The Morgan fingerprint density at radius 2 is 1.64 bits per heavy atom. The van der Waals surface area contributed by atoms with Crippen molar-refractivity contribution in [2.45, 2.75) is 6.92 Å². The summed E-state index contributed by atoms with van der Waals surface area (Å²) in [5, 5.41) is 11.8. The minimum atomic E-state index is -0.148. The highest BCUT2D eigenvalue weighted by molar-refractivity contribution is 5.89. The lowest BCUT2D eigenvalue weighted by atomic mass is 10.0. The van der Waals surface area contributed by atoms with Gasteiger partial charge in [0.2, 0.25) is 0 Å². The maximum atomic E-state index is 12.0. The van der Waals surface area contributed by atoms with Gasteiger partial charge in [0.1, 0.15) is 17.2 Å². The number of carbonyl (C=O) groups excluding carboxylic acids is 1. The number of nitrogens with zero attached hydrogens (tertiary/aromatic N) is 1. The first kappa shape index (κ1) is 17.1. The number of amides is 2. The van der Waals surface area contributed by atoms with E-state index in [1.165, 1.54) is 0 Å². The van der Waals surface area contributed by atoms with Gasteiger partial charge in [-0.2, -0.15) is 0 Å². The van der Waals surface area contributed by atoms with E-state index >= 15 is 0 Å². The molecule has 0 unspecified atom stereocenters. The lowest BCUT2D eigenvalue weighted by Gasteiger charge is -2.38. The molecule has 0 aromatic heterocycles. The van der Waals surface area contributed by atoms with E-state index in [-0.39, 0.29) is 18.6 Å². The number of hydrogen-bond donors (Lipinski definition) is 2. The fourth-order valence-electron chi connectivity index (χ4n) is 2.57. The summed E-state index contributed by atoms with van der Waals surface area (Å²) in [4.78, 5) is 13.7. The monoisotopic (exact) mass is 342 g/mol. The van der Waals surface area contributed by atoms with Crippen LogP contribution in [0.3, 0.4) is 0 Å². The van der Waals surface area contributed by atoms with Gasteiger partial charge < -0.3 is 24.8 Å². The lowest BCUT2D eigenvalue weighted by molar-refractivity contribution is 0.0838. The third-order valence-corrected chi connectivity index (χ3v) is 3.98. The zero-order chi connectivity index (χ0) is 17.6. The number of likely N-dealkylation sites (tertiary alicyclic amines) is 1. The van der Waals surface area contributed by atoms with E-state index in [1.54, 1.807) is 29.2 Å². The molecule has 0 saturated carbocycles. The number of anilines is 1. The second-order valence-electron chi connectivity index (χ2n) is 5.91. The van der Waals surface area contributed by atoms with Gasteiger partial charge in [-0.05, 0) is 55.5 Å². The summed E-state index contributed by atoms with van der Waals surface area (Å²) in [6, 6.07) is 14.5. The Kier molecular flexibility index (Phi) is 5.40. The molecule has 132 valence electrons. The Morgan fingerprint density at radius 3 is 2.20 bits per heavy atom. The molecule has 6 nitrogen and oxygen atoms in total. The summed E-state index contributed by atoms with van der Waals surface area (Å²) in [5.41, 5.74) is 0.705. The number of aliphatic hydroxyl groups is 1. The summed E-state index contributed by atoms with van der Waals surface area (Å²) < 4.78 is 11.2. The van der Waals surface area contributed by atoms with E-state index in [2.05, 4.69) is 5.32 Å². The predicted octanol–water partition coefficient (Wildman–Crippen LogP) is 3.33. The van der Waals surface area contributed by atoms with Crippen molar-refractivity contribution in [3.8, 4) is 17.2 Å². The number of ether oxygens (including phenoxy) is 2. The van der Waals surface area contributed by atoms with Gasteiger partial charge in [0.05, 0.1) is 6.61 Å². The van der Waals surface area contributed by atoms with Crippen LogP contribution in [-0.2, 0) is 0 Å². The molecular weight excluding hydrogens is 320 g/mol. The van der Waals surface area contributed by atoms with Gasteiger partial charge in [0, 0.05) is 31.3 Å². The Hall–Kier alpha value is -2.73. The largest absolute Gasteiger partial charge is 0.494 e. The van der Waals surface area contributed by atoms with Crippen molar-refractivity contribution in [1.29, 1.82) is 0 Å². The molecule has 2 N–H and O–H groups in total. The van der Waals surface area contributed by atoms with Crippen molar-refractivity contribution in [2.24, 2.45) is 5.92 Å². The second-order valence-corrected chi connectivity index (χ2v) is 5.91. The van der Waals surface area contributed by atoms with Crippen molar-refractivity contribution in [2.75, 3.05) is 31.6 Å². The van der Waals surface area contributed by atoms with Crippen LogP contribution in [0.5, 0.6) is 17.2 Å². The molecule has 0 radical (unpaired) electrons. The third kappa shape index (κ3) is 4.42. The van der Waals surface area contributed by atoms with Crippen molar-refractivity contribution < 1.29 is 19.4 Å². The summed E-state index contributed by atoms with van der Waals surface area (Å²) >= 11 is 0. The van der Waals surface area contributed by atoms with E-state index in [9.17, 15) is 4.79 Å².